The second kappa shape index (κ2) is 5.86. The molecule has 4 heterocycles. The summed E-state index contributed by atoms with van der Waals surface area (Å²) in [4.78, 5) is 9.25. The van der Waals surface area contributed by atoms with Crippen LogP contribution in [-0.4, -0.2) is 55.8 Å². The molecule has 8 heteroatoms. The maximum absolute atomic E-state index is 5.26. The smallest absolute Gasteiger partial charge is 0.203 e. The predicted molar refractivity (Wildman–Crippen MR) is 89.0 cm³/mol. The first-order chi connectivity index (χ1) is 11.6. The molecule has 0 radical (unpaired) electrons. The van der Waals surface area contributed by atoms with Crippen LogP contribution in [-0.2, 0) is 6.54 Å². The van der Waals surface area contributed by atoms with Crippen LogP contribution in [0.3, 0.4) is 0 Å². The second-order valence-corrected chi connectivity index (χ2v) is 6.26. The molecule has 1 saturated heterocycles. The van der Waals surface area contributed by atoms with Gasteiger partial charge < -0.3 is 9.42 Å². The molecule has 0 saturated carbocycles. The monoisotopic (exact) mass is 327 g/mol. The lowest BCUT2D eigenvalue weighted by Crippen LogP contribution is -2.46. The number of anilines is 1. The summed E-state index contributed by atoms with van der Waals surface area (Å²) in [6.07, 6.45) is 3.72. The molecule has 8 nitrogen and oxygen atoms in total. The third kappa shape index (κ3) is 2.52. The molecule has 1 aliphatic heterocycles. The topological polar surface area (TPSA) is 75.6 Å². The lowest BCUT2D eigenvalue weighted by atomic mass is 10.2. The molecule has 3 aromatic heterocycles. The minimum Gasteiger partial charge on any atom is -0.361 e. The van der Waals surface area contributed by atoms with E-state index in [1.807, 2.05) is 37.6 Å². The molecule has 0 amide bonds. The maximum Gasteiger partial charge on any atom is 0.203 e. The predicted octanol–water partition coefficient (Wildman–Crippen LogP) is 1.36. The number of aryl methyl sites for hydroxylation is 3. The van der Waals surface area contributed by atoms with E-state index in [0.29, 0.717) is 0 Å². The fraction of sp³-hybridized carbons (Fsp3) is 0.500. The lowest BCUT2D eigenvalue weighted by Gasteiger charge is -2.35. The second-order valence-electron chi connectivity index (χ2n) is 6.26. The number of rotatable bonds is 3. The molecular formula is C16H21N7O. The molecule has 1 aliphatic rings. The van der Waals surface area contributed by atoms with Crippen LogP contribution >= 0.6 is 0 Å². The highest BCUT2D eigenvalue weighted by atomic mass is 16.5. The zero-order valence-corrected chi connectivity index (χ0v) is 14.2. The van der Waals surface area contributed by atoms with Crippen LogP contribution in [0.25, 0.3) is 5.65 Å². The Morgan fingerprint density at radius 1 is 1.08 bits per heavy atom. The van der Waals surface area contributed by atoms with Crippen LogP contribution in [0.1, 0.15) is 22.8 Å². The largest absolute Gasteiger partial charge is 0.361 e. The van der Waals surface area contributed by atoms with Crippen molar-refractivity contribution in [1.82, 2.24) is 29.6 Å². The van der Waals surface area contributed by atoms with E-state index in [4.69, 9.17) is 4.52 Å². The van der Waals surface area contributed by atoms with Gasteiger partial charge in [-0.05, 0) is 20.8 Å². The number of piperazine rings is 1. The van der Waals surface area contributed by atoms with E-state index in [1.165, 1.54) is 5.56 Å². The molecule has 0 aromatic carbocycles. The van der Waals surface area contributed by atoms with E-state index in [2.05, 4.69) is 30.1 Å². The van der Waals surface area contributed by atoms with Crippen molar-refractivity contribution in [3.63, 3.8) is 0 Å². The minimum atomic E-state index is 0.828. The first-order valence-corrected chi connectivity index (χ1v) is 8.19. The molecule has 0 bridgehead atoms. The molecule has 0 aliphatic carbocycles. The zero-order valence-electron chi connectivity index (χ0n) is 14.2. The van der Waals surface area contributed by atoms with E-state index >= 15 is 0 Å². The van der Waals surface area contributed by atoms with E-state index in [-0.39, 0.29) is 0 Å². The summed E-state index contributed by atoms with van der Waals surface area (Å²) in [7, 11) is 0. The molecule has 3 aromatic rings. The maximum atomic E-state index is 5.26. The third-order valence-electron chi connectivity index (χ3n) is 4.71. The van der Waals surface area contributed by atoms with Gasteiger partial charge in [0.1, 0.15) is 11.6 Å². The van der Waals surface area contributed by atoms with Crippen molar-refractivity contribution in [2.45, 2.75) is 27.3 Å². The van der Waals surface area contributed by atoms with Gasteiger partial charge in [-0.3, -0.25) is 9.30 Å². The number of nitrogens with zero attached hydrogens (tertiary/aromatic N) is 7. The standard InChI is InChI=1S/C16H21N7O/c1-11-14(12(2)24-20-11)10-21-6-8-22(9-7-21)15-16-19-18-13(3)23(16)5-4-17-15/h4-5H,6-10H2,1-3H3. The van der Waals surface area contributed by atoms with Gasteiger partial charge in [-0.2, -0.15) is 0 Å². The van der Waals surface area contributed by atoms with E-state index < -0.39 is 0 Å². The van der Waals surface area contributed by atoms with Crippen molar-refractivity contribution in [2.75, 3.05) is 31.1 Å². The molecule has 126 valence electrons. The van der Waals surface area contributed by atoms with Crippen LogP contribution in [0.5, 0.6) is 0 Å². The summed E-state index contributed by atoms with van der Waals surface area (Å²) >= 11 is 0. The molecule has 1 fully saturated rings. The number of aromatic nitrogens is 5. The summed E-state index contributed by atoms with van der Waals surface area (Å²) in [5, 5.41) is 12.5. The van der Waals surface area contributed by atoms with Crippen molar-refractivity contribution >= 4 is 11.5 Å². The van der Waals surface area contributed by atoms with Crippen molar-refractivity contribution < 1.29 is 4.52 Å². The minimum absolute atomic E-state index is 0.828. The van der Waals surface area contributed by atoms with Gasteiger partial charge in [-0.15, -0.1) is 10.2 Å². The lowest BCUT2D eigenvalue weighted by molar-refractivity contribution is 0.247. The van der Waals surface area contributed by atoms with Crippen LogP contribution in [0, 0.1) is 20.8 Å². The SMILES string of the molecule is Cc1noc(C)c1CN1CCN(c2nccn3c(C)nnc23)CC1. The van der Waals surface area contributed by atoms with Gasteiger partial charge in [0.2, 0.25) is 5.65 Å². The van der Waals surface area contributed by atoms with Gasteiger partial charge in [-0.1, -0.05) is 5.16 Å². The van der Waals surface area contributed by atoms with Crippen LogP contribution in [0.2, 0.25) is 0 Å². The number of fused-ring (bicyclic) bond motifs is 1. The highest BCUT2D eigenvalue weighted by molar-refractivity contribution is 5.63. The molecule has 0 atom stereocenters. The van der Waals surface area contributed by atoms with E-state index in [0.717, 1.165) is 61.5 Å². The number of hydrogen-bond acceptors (Lipinski definition) is 7. The molecule has 4 rings (SSSR count). The summed E-state index contributed by atoms with van der Waals surface area (Å²) in [6.45, 7) is 10.6. The van der Waals surface area contributed by atoms with Crippen molar-refractivity contribution in [3.05, 3.63) is 35.2 Å². The highest BCUT2D eigenvalue weighted by Crippen LogP contribution is 2.21. The van der Waals surface area contributed by atoms with Gasteiger partial charge in [0.15, 0.2) is 5.82 Å². The Labute approximate surface area is 140 Å². The third-order valence-corrected chi connectivity index (χ3v) is 4.71. The van der Waals surface area contributed by atoms with E-state index in [1.54, 1.807) is 0 Å². The quantitative estimate of drug-likeness (QED) is 0.719. The Bertz CT molecular complexity index is 841. The molecule has 24 heavy (non-hydrogen) atoms. The Morgan fingerprint density at radius 3 is 2.58 bits per heavy atom. The molecule has 0 N–H and O–H groups in total. The van der Waals surface area contributed by atoms with Crippen molar-refractivity contribution in [2.24, 2.45) is 0 Å². The first kappa shape index (κ1) is 15.1. The van der Waals surface area contributed by atoms with Crippen molar-refractivity contribution in [3.8, 4) is 0 Å². The average Bonchev–Trinajstić information content (AvgIpc) is 3.13. The average molecular weight is 327 g/mol. The Morgan fingerprint density at radius 2 is 1.88 bits per heavy atom. The summed E-state index contributed by atoms with van der Waals surface area (Å²) in [5.41, 5.74) is 3.02. The molecule has 0 unspecified atom stereocenters. The zero-order chi connectivity index (χ0) is 16.7. The van der Waals surface area contributed by atoms with E-state index in [9.17, 15) is 0 Å². The molecular weight excluding hydrogens is 306 g/mol. The fourth-order valence-corrected chi connectivity index (χ4v) is 3.22. The van der Waals surface area contributed by atoms with Crippen LogP contribution in [0.4, 0.5) is 5.82 Å². The van der Waals surface area contributed by atoms with Gasteiger partial charge >= 0.3 is 0 Å². The summed E-state index contributed by atoms with van der Waals surface area (Å²) in [6, 6.07) is 0. The van der Waals surface area contributed by atoms with Gasteiger partial charge in [0.05, 0.1) is 5.69 Å². The van der Waals surface area contributed by atoms with Crippen LogP contribution < -0.4 is 4.90 Å². The normalized spacial score (nSPS) is 16.2. The summed E-state index contributed by atoms with van der Waals surface area (Å²) < 4.78 is 7.25. The summed E-state index contributed by atoms with van der Waals surface area (Å²) in [5.74, 6) is 2.71. The Balaban J connectivity index is 1.48. The Hall–Kier alpha value is -2.48. The van der Waals surface area contributed by atoms with Crippen LogP contribution in [0.15, 0.2) is 16.9 Å². The van der Waals surface area contributed by atoms with Gasteiger partial charge in [0.25, 0.3) is 0 Å². The molecule has 0 spiro atoms. The fourth-order valence-electron chi connectivity index (χ4n) is 3.22. The highest BCUT2D eigenvalue weighted by Gasteiger charge is 2.22. The van der Waals surface area contributed by atoms with Gasteiger partial charge in [0, 0.05) is 50.7 Å². The van der Waals surface area contributed by atoms with Crippen molar-refractivity contribution in [1.29, 1.82) is 0 Å². The first-order valence-electron chi connectivity index (χ1n) is 8.19. The number of hydrogen-bond donors (Lipinski definition) is 0. The van der Waals surface area contributed by atoms with Gasteiger partial charge in [-0.25, -0.2) is 4.98 Å². The Kier molecular flexibility index (Phi) is 3.68.